The lowest BCUT2D eigenvalue weighted by Crippen LogP contribution is -2.38. The van der Waals surface area contributed by atoms with E-state index in [2.05, 4.69) is 43.8 Å². The molecule has 0 unspecified atom stereocenters. The first kappa shape index (κ1) is 21.2. The number of fused-ring (bicyclic) bond motifs is 1. The summed E-state index contributed by atoms with van der Waals surface area (Å²) >= 11 is 1.25. The molecule has 0 aliphatic carbocycles. The maximum absolute atomic E-state index is 10.4. The van der Waals surface area contributed by atoms with Gasteiger partial charge in [0.05, 0.1) is 11.7 Å². The summed E-state index contributed by atoms with van der Waals surface area (Å²) in [7, 11) is 2.10. The van der Waals surface area contributed by atoms with E-state index in [1.165, 1.54) is 36.6 Å². The van der Waals surface area contributed by atoms with E-state index in [9.17, 15) is 5.11 Å². The van der Waals surface area contributed by atoms with Crippen molar-refractivity contribution in [2.75, 3.05) is 33.3 Å². The Morgan fingerprint density at radius 1 is 1.07 bits per heavy atom. The highest BCUT2D eigenvalue weighted by Crippen LogP contribution is 2.21. The minimum absolute atomic E-state index is 0.324. The minimum Gasteiger partial charge on any atom is -0.491 e. The predicted octanol–water partition coefficient (Wildman–Crippen LogP) is 3.55. The quantitative estimate of drug-likeness (QED) is 0.565. The molecule has 30 heavy (non-hydrogen) atoms. The van der Waals surface area contributed by atoms with E-state index in [0.717, 1.165) is 48.5 Å². The fraction of sp³-hybridized carbons (Fsp3) is 0.478. The molecule has 2 aromatic carbocycles. The second-order valence-electron chi connectivity index (χ2n) is 8.19. The molecule has 0 amide bonds. The van der Waals surface area contributed by atoms with E-state index in [4.69, 9.17) is 4.74 Å². The van der Waals surface area contributed by atoms with Crippen molar-refractivity contribution in [2.24, 2.45) is 0 Å². The normalized spacial score (nSPS) is 16.2. The van der Waals surface area contributed by atoms with Crippen LogP contribution in [0.4, 0.5) is 0 Å². The van der Waals surface area contributed by atoms with Gasteiger partial charge in [-0.25, -0.2) is 0 Å². The lowest BCUT2D eigenvalue weighted by Gasteiger charge is -2.28. The van der Waals surface area contributed by atoms with Crippen molar-refractivity contribution in [3.05, 3.63) is 53.6 Å². The third-order valence-electron chi connectivity index (χ3n) is 5.53. The van der Waals surface area contributed by atoms with Crippen molar-refractivity contribution < 1.29 is 9.84 Å². The maximum atomic E-state index is 10.4. The number of ether oxygens (including phenoxy) is 1. The third kappa shape index (κ3) is 5.76. The van der Waals surface area contributed by atoms with Crippen LogP contribution in [0.2, 0.25) is 0 Å². The Morgan fingerprint density at radius 3 is 2.73 bits per heavy atom. The highest BCUT2D eigenvalue weighted by molar-refractivity contribution is 7.00. The second-order valence-corrected chi connectivity index (χ2v) is 8.72. The van der Waals surface area contributed by atoms with E-state index in [1.54, 1.807) is 0 Å². The molecule has 4 rings (SSSR count). The Bertz CT molecular complexity index is 942. The van der Waals surface area contributed by atoms with Gasteiger partial charge in [0.15, 0.2) is 0 Å². The van der Waals surface area contributed by atoms with Gasteiger partial charge < -0.3 is 14.7 Å². The monoisotopic (exact) mass is 426 g/mol. The molecule has 0 radical (unpaired) electrons. The summed E-state index contributed by atoms with van der Waals surface area (Å²) in [5, 5.41) is 10.4. The molecule has 0 saturated carbocycles. The summed E-state index contributed by atoms with van der Waals surface area (Å²) in [6.45, 7) is 4.77. The van der Waals surface area contributed by atoms with Crippen LogP contribution in [0.5, 0.6) is 5.75 Å². The fourth-order valence-corrected chi connectivity index (χ4v) is 4.56. The van der Waals surface area contributed by atoms with E-state index in [0.29, 0.717) is 13.2 Å². The van der Waals surface area contributed by atoms with E-state index in [-0.39, 0.29) is 0 Å². The summed E-state index contributed by atoms with van der Waals surface area (Å²) in [5.74, 6) is 0.848. The number of hydrogen-bond donors (Lipinski definition) is 1. The highest BCUT2D eigenvalue weighted by Gasteiger charge is 2.16. The molecule has 3 aromatic rings. The molecule has 1 N–H and O–H groups in total. The summed E-state index contributed by atoms with van der Waals surface area (Å²) in [5.41, 5.74) is 4.25. The number of benzene rings is 2. The Kier molecular flexibility index (Phi) is 7.28. The molecule has 160 valence electrons. The zero-order valence-electron chi connectivity index (χ0n) is 17.5. The van der Waals surface area contributed by atoms with Gasteiger partial charge in [0.2, 0.25) is 0 Å². The SMILES string of the molecule is CN(Cc1ccc2nsnc2c1)Cc1ccccc1OC[C@H](O)CN1CCCCC1. The number of likely N-dealkylation sites (tertiary alicyclic amines) is 1. The number of piperidine rings is 1. The zero-order valence-corrected chi connectivity index (χ0v) is 18.4. The average molecular weight is 427 g/mol. The third-order valence-corrected chi connectivity index (χ3v) is 6.09. The first-order valence-electron chi connectivity index (χ1n) is 10.7. The van der Waals surface area contributed by atoms with Gasteiger partial charge in [-0.05, 0) is 56.7 Å². The number of aliphatic hydroxyl groups excluding tert-OH is 1. The maximum Gasteiger partial charge on any atom is 0.123 e. The molecular weight excluding hydrogens is 396 g/mol. The van der Waals surface area contributed by atoms with Gasteiger partial charge >= 0.3 is 0 Å². The van der Waals surface area contributed by atoms with Crippen LogP contribution in [-0.4, -0.2) is 63.0 Å². The van der Waals surface area contributed by atoms with E-state index in [1.807, 2.05) is 24.3 Å². The van der Waals surface area contributed by atoms with Gasteiger partial charge in [0, 0.05) is 25.2 Å². The molecule has 1 aliphatic heterocycles. The molecule has 2 heterocycles. The number of rotatable bonds is 9. The molecule has 7 heteroatoms. The summed E-state index contributed by atoms with van der Waals surface area (Å²) in [6.07, 6.45) is 3.30. The number of β-amino-alcohol motifs (C(OH)–C–C–N with tert-alkyl or cyclic N) is 1. The largest absolute Gasteiger partial charge is 0.491 e. The zero-order chi connectivity index (χ0) is 20.8. The standard InChI is InChI=1S/C23H30N4O2S/c1-26(14-18-9-10-21-22(13-18)25-30-24-21)15-19-7-3-4-8-23(19)29-17-20(28)16-27-11-5-2-6-12-27/h3-4,7-10,13,20,28H,2,5-6,11-12,14-17H2,1H3/t20-/m1/s1. The fourth-order valence-electron chi connectivity index (χ4n) is 4.04. The number of aromatic nitrogens is 2. The van der Waals surface area contributed by atoms with Crippen LogP contribution in [-0.2, 0) is 13.1 Å². The van der Waals surface area contributed by atoms with Crippen LogP contribution in [0.15, 0.2) is 42.5 Å². The van der Waals surface area contributed by atoms with Gasteiger partial charge in [-0.15, -0.1) is 0 Å². The van der Waals surface area contributed by atoms with Gasteiger partial charge in [0.25, 0.3) is 0 Å². The van der Waals surface area contributed by atoms with Gasteiger partial charge in [-0.2, -0.15) is 8.75 Å². The van der Waals surface area contributed by atoms with Crippen molar-refractivity contribution in [3.63, 3.8) is 0 Å². The van der Waals surface area contributed by atoms with E-state index < -0.39 is 6.10 Å². The summed E-state index contributed by atoms with van der Waals surface area (Å²) in [6, 6.07) is 14.4. The van der Waals surface area contributed by atoms with E-state index >= 15 is 0 Å². The van der Waals surface area contributed by atoms with Crippen molar-refractivity contribution >= 4 is 22.8 Å². The van der Waals surface area contributed by atoms with Crippen LogP contribution in [0.25, 0.3) is 11.0 Å². The Morgan fingerprint density at radius 2 is 1.87 bits per heavy atom. The van der Waals surface area contributed by atoms with Crippen molar-refractivity contribution in [3.8, 4) is 5.75 Å². The second kappa shape index (κ2) is 10.3. The first-order chi connectivity index (χ1) is 14.7. The molecule has 1 saturated heterocycles. The number of nitrogens with zero attached hydrogens (tertiary/aromatic N) is 4. The topological polar surface area (TPSA) is 61.7 Å². The van der Waals surface area contributed by atoms with Crippen molar-refractivity contribution in [1.82, 2.24) is 18.5 Å². The molecule has 1 aromatic heterocycles. The van der Waals surface area contributed by atoms with Crippen LogP contribution in [0.3, 0.4) is 0 Å². The van der Waals surface area contributed by atoms with Crippen LogP contribution in [0, 0.1) is 0 Å². The molecule has 1 atom stereocenters. The predicted molar refractivity (Wildman–Crippen MR) is 121 cm³/mol. The molecule has 1 aliphatic rings. The van der Waals surface area contributed by atoms with Crippen molar-refractivity contribution in [2.45, 2.75) is 38.5 Å². The molecular formula is C23H30N4O2S. The number of aliphatic hydroxyl groups is 1. The summed E-state index contributed by atoms with van der Waals surface area (Å²) < 4.78 is 14.6. The van der Waals surface area contributed by atoms with Crippen LogP contribution in [0.1, 0.15) is 30.4 Å². The van der Waals surface area contributed by atoms with Crippen LogP contribution < -0.4 is 4.74 Å². The lowest BCUT2D eigenvalue weighted by molar-refractivity contribution is 0.0612. The smallest absolute Gasteiger partial charge is 0.123 e. The summed E-state index contributed by atoms with van der Waals surface area (Å²) in [4.78, 5) is 4.60. The molecule has 0 bridgehead atoms. The minimum atomic E-state index is -0.465. The molecule has 6 nitrogen and oxygen atoms in total. The van der Waals surface area contributed by atoms with Gasteiger partial charge in [-0.3, -0.25) is 4.90 Å². The lowest BCUT2D eigenvalue weighted by atomic mass is 10.1. The number of para-hydroxylation sites is 1. The Hall–Kier alpha value is -2.06. The highest BCUT2D eigenvalue weighted by atomic mass is 32.1. The molecule has 0 spiro atoms. The van der Waals surface area contributed by atoms with Crippen LogP contribution >= 0.6 is 11.7 Å². The Balaban J connectivity index is 1.31. The number of hydrogen-bond acceptors (Lipinski definition) is 7. The first-order valence-corrected chi connectivity index (χ1v) is 11.4. The van der Waals surface area contributed by atoms with Crippen molar-refractivity contribution in [1.29, 1.82) is 0 Å². The van der Waals surface area contributed by atoms with Gasteiger partial charge in [-0.1, -0.05) is 30.7 Å². The Labute approximate surface area is 182 Å². The average Bonchev–Trinajstić information content (AvgIpc) is 3.22. The van der Waals surface area contributed by atoms with Gasteiger partial charge in [0.1, 0.15) is 29.5 Å². The molecule has 1 fully saturated rings.